The summed E-state index contributed by atoms with van der Waals surface area (Å²) in [6.45, 7) is 0. The van der Waals surface area contributed by atoms with Gasteiger partial charge in [0, 0.05) is 37.3 Å². The van der Waals surface area contributed by atoms with E-state index in [9.17, 15) is 0 Å². The van der Waals surface area contributed by atoms with Crippen molar-refractivity contribution >= 4 is 33.6 Å². The maximum Gasteiger partial charge on any atom is 0.158 e. The van der Waals surface area contributed by atoms with Gasteiger partial charge in [0.25, 0.3) is 0 Å². The Bertz CT molecular complexity index is 1240. The number of nitrogens with zero attached hydrogens (tertiary/aromatic N) is 5. The van der Waals surface area contributed by atoms with Crippen molar-refractivity contribution in [1.29, 1.82) is 0 Å². The molecule has 27 heavy (non-hydrogen) atoms. The molecule has 0 bridgehead atoms. The zero-order valence-corrected chi connectivity index (χ0v) is 15.8. The Kier molecular flexibility index (Phi) is 3.65. The van der Waals surface area contributed by atoms with Crippen molar-refractivity contribution in [1.82, 2.24) is 19.6 Å². The molecule has 4 heterocycles. The molecule has 0 saturated carbocycles. The third-order valence-electron chi connectivity index (χ3n) is 4.55. The van der Waals surface area contributed by atoms with Crippen molar-refractivity contribution in [2.24, 2.45) is 0 Å². The molecule has 0 aliphatic carbocycles. The number of aromatic nitrogens is 4. The molecule has 6 heteroatoms. The molecular weight excluding hydrogens is 354 g/mol. The lowest BCUT2D eigenvalue weighted by atomic mass is 10.1. The lowest BCUT2D eigenvalue weighted by Crippen LogP contribution is -2.12. The van der Waals surface area contributed by atoms with Crippen LogP contribution in [0.4, 0.5) is 5.82 Å². The fraction of sp³-hybridized carbons (Fsp3) is 0.0952. The van der Waals surface area contributed by atoms with Crippen molar-refractivity contribution in [3.63, 3.8) is 0 Å². The molecule has 0 N–H and O–H groups in total. The average Bonchev–Trinajstić information content (AvgIpc) is 3.33. The Morgan fingerprint density at radius 2 is 1.63 bits per heavy atom. The van der Waals surface area contributed by atoms with Crippen molar-refractivity contribution < 1.29 is 0 Å². The highest BCUT2D eigenvalue weighted by Crippen LogP contribution is 2.37. The first-order valence-corrected chi connectivity index (χ1v) is 9.49. The zero-order chi connectivity index (χ0) is 18.4. The number of imidazole rings is 1. The number of anilines is 1. The number of hydrogen-bond acceptors (Lipinski definition) is 5. The van der Waals surface area contributed by atoms with Gasteiger partial charge in [-0.15, -0.1) is 21.5 Å². The second kappa shape index (κ2) is 6.17. The summed E-state index contributed by atoms with van der Waals surface area (Å²) >= 11 is 1.69. The summed E-state index contributed by atoms with van der Waals surface area (Å²) in [6.07, 6.45) is 4.07. The second-order valence-corrected chi connectivity index (χ2v) is 7.65. The molecule has 0 saturated heterocycles. The van der Waals surface area contributed by atoms with Crippen LogP contribution < -0.4 is 4.90 Å². The molecule has 4 aromatic heterocycles. The predicted octanol–water partition coefficient (Wildman–Crippen LogP) is 4.74. The molecule has 0 atom stereocenters. The van der Waals surface area contributed by atoms with Gasteiger partial charge in [0.2, 0.25) is 0 Å². The van der Waals surface area contributed by atoms with Gasteiger partial charge < -0.3 is 9.30 Å². The predicted molar refractivity (Wildman–Crippen MR) is 111 cm³/mol. The van der Waals surface area contributed by atoms with Crippen LogP contribution in [-0.4, -0.2) is 33.7 Å². The molecule has 0 spiro atoms. The quantitative estimate of drug-likeness (QED) is 0.460. The number of rotatable bonds is 3. The van der Waals surface area contributed by atoms with Crippen molar-refractivity contribution in [2.45, 2.75) is 0 Å². The molecule has 0 amide bonds. The van der Waals surface area contributed by atoms with E-state index in [1.54, 1.807) is 11.3 Å². The van der Waals surface area contributed by atoms with E-state index in [2.05, 4.69) is 40.7 Å². The summed E-state index contributed by atoms with van der Waals surface area (Å²) in [5.74, 6) is 0.881. The highest BCUT2D eigenvalue weighted by molar-refractivity contribution is 7.18. The molecule has 132 valence electrons. The van der Waals surface area contributed by atoms with Gasteiger partial charge in [-0.1, -0.05) is 30.3 Å². The molecule has 5 rings (SSSR count). The Morgan fingerprint density at radius 3 is 2.44 bits per heavy atom. The fourth-order valence-electron chi connectivity index (χ4n) is 3.26. The Morgan fingerprint density at radius 1 is 0.852 bits per heavy atom. The largest absolute Gasteiger partial charge is 0.361 e. The van der Waals surface area contributed by atoms with E-state index < -0.39 is 0 Å². The van der Waals surface area contributed by atoms with Crippen LogP contribution in [0.3, 0.4) is 0 Å². The summed E-state index contributed by atoms with van der Waals surface area (Å²) in [4.78, 5) is 8.93. The van der Waals surface area contributed by atoms with Gasteiger partial charge in [-0.3, -0.25) is 0 Å². The van der Waals surface area contributed by atoms with Crippen LogP contribution in [-0.2, 0) is 0 Å². The summed E-state index contributed by atoms with van der Waals surface area (Å²) in [5.41, 5.74) is 2.83. The van der Waals surface area contributed by atoms with Crippen molar-refractivity contribution in [2.75, 3.05) is 19.0 Å². The van der Waals surface area contributed by atoms with Gasteiger partial charge in [0.1, 0.15) is 11.3 Å². The maximum atomic E-state index is 4.72. The normalized spacial score (nSPS) is 11.3. The van der Waals surface area contributed by atoms with Gasteiger partial charge in [0.05, 0.1) is 15.4 Å². The van der Waals surface area contributed by atoms with E-state index in [1.165, 1.54) is 0 Å². The minimum absolute atomic E-state index is 0.881. The Labute approximate surface area is 160 Å². The molecule has 0 aliphatic heterocycles. The van der Waals surface area contributed by atoms with Gasteiger partial charge in [-0.25, -0.2) is 4.98 Å². The lowest BCUT2D eigenvalue weighted by molar-refractivity contribution is 0.986. The van der Waals surface area contributed by atoms with Crippen LogP contribution in [0, 0.1) is 0 Å². The Hall–Kier alpha value is -3.25. The SMILES string of the molecule is CN(C)c1nnc(-c2ccc(-c3cn4ccccc4n3)s2)c2ccccc12. The summed E-state index contributed by atoms with van der Waals surface area (Å²) in [7, 11) is 3.98. The molecule has 0 radical (unpaired) electrons. The van der Waals surface area contributed by atoms with Crippen LogP contribution in [0.5, 0.6) is 0 Å². The van der Waals surface area contributed by atoms with Crippen LogP contribution in [0.25, 0.3) is 37.6 Å². The van der Waals surface area contributed by atoms with Crippen LogP contribution >= 0.6 is 11.3 Å². The van der Waals surface area contributed by atoms with E-state index in [0.29, 0.717) is 0 Å². The van der Waals surface area contributed by atoms with E-state index in [0.717, 1.165) is 43.4 Å². The standard InChI is InChI=1S/C21H17N5S/c1-25(2)21-15-8-4-3-7-14(15)20(23-24-21)18-11-10-17(27-18)16-13-26-12-6-5-9-19(26)22-16/h3-13H,1-2H3. The smallest absolute Gasteiger partial charge is 0.158 e. The van der Waals surface area contributed by atoms with E-state index in [1.807, 2.05) is 59.9 Å². The van der Waals surface area contributed by atoms with E-state index in [4.69, 9.17) is 4.98 Å². The van der Waals surface area contributed by atoms with Gasteiger partial charge in [-0.2, -0.15) is 0 Å². The molecule has 0 fully saturated rings. The zero-order valence-electron chi connectivity index (χ0n) is 15.0. The van der Waals surface area contributed by atoms with Gasteiger partial charge in [0.15, 0.2) is 5.82 Å². The average molecular weight is 371 g/mol. The number of pyridine rings is 1. The van der Waals surface area contributed by atoms with Gasteiger partial charge in [-0.05, 0) is 24.3 Å². The molecule has 5 nitrogen and oxygen atoms in total. The molecule has 1 aromatic carbocycles. The Balaban J connectivity index is 1.63. The number of hydrogen-bond donors (Lipinski definition) is 0. The van der Waals surface area contributed by atoms with E-state index >= 15 is 0 Å². The first kappa shape index (κ1) is 16.0. The number of benzene rings is 1. The molecule has 5 aromatic rings. The first-order chi connectivity index (χ1) is 13.2. The van der Waals surface area contributed by atoms with Crippen LogP contribution in [0.1, 0.15) is 0 Å². The van der Waals surface area contributed by atoms with E-state index in [-0.39, 0.29) is 0 Å². The van der Waals surface area contributed by atoms with Crippen LogP contribution in [0.2, 0.25) is 0 Å². The third-order valence-corrected chi connectivity index (χ3v) is 5.66. The highest BCUT2D eigenvalue weighted by atomic mass is 32.1. The molecule has 0 aliphatic rings. The summed E-state index contributed by atoms with van der Waals surface area (Å²) in [6, 6.07) is 18.5. The minimum atomic E-state index is 0.881. The lowest BCUT2D eigenvalue weighted by Gasteiger charge is -2.14. The van der Waals surface area contributed by atoms with Crippen molar-refractivity contribution in [3.05, 3.63) is 67.0 Å². The maximum absolute atomic E-state index is 4.72. The number of fused-ring (bicyclic) bond motifs is 2. The van der Waals surface area contributed by atoms with Crippen molar-refractivity contribution in [3.8, 4) is 21.1 Å². The van der Waals surface area contributed by atoms with Crippen LogP contribution in [0.15, 0.2) is 67.0 Å². The summed E-state index contributed by atoms with van der Waals surface area (Å²) in [5, 5.41) is 11.2. The topological polar surface area (TPSA) is 46.3 Å². The fourth-order valence-corrected chi connectivity index (χ4v) is 4.22. The third kappa shape index (κ3) is 2.65. The molecular formula is C21H17N5S. The number of thiophene rings is 1. The monoisotopic (exact) mass is 371 g/mol. The van der Waals surface area contributed by atoms with Gasteiger partial charge >= 0.3 is 0 Å². The molecule has 0 unspecified atom stereocenters. The second-order valence-electron chi connectivity index (χ2n) is 6.57. The highest BCUT2D eigenvalue weighted by Gasteiger charge is 2.15. The summed E-state index contributed by atoms with van der Waals surface area (Å²) < 4.78 is 2.04. The minimum Gasteiger partial charge on any atom is -0.361 e. The first-order valence-electron chi connectivity index (χ1n) is 8.68.